The first-order valence-corrected chi connectivity index (χ1v) is 7.98. The molecule has 1 aliphatic heterocycles. The lowest BCUT2D eigenvalue weighted by atomic mass is 10.2. The molecule has 3 aromatic rings. The number of imidazole rings is 1. The Morgan fingerprint density at radius 1 is 1.20 bits per heavy atom. The molecule has 1 fully saturated rings. The lowest BCUT2D eigenvalue weighted by Crippen LogP contribution is -2.39. The minimum absolute atomic E-state index is 0.567. The van der Waals surface area contributed by atoms with E-state index >= 15 is 0 Å². The van der Waals surface area contributed by atoms with Crippen LogP contribution in [0.1, 0.15) is 19.3 Å². The second-order valence-corrected chi connectivity index (χ2v) is 6.42. The number of pyridine rings is 1. The van der Waals surface area contributed by atoms with Gasteiger partial charge in [0.1, 0.15) is 27.1 Å². The number of aromatic nitrogens is 4. The molecule has 0 unspecified atom stereocenters. The van der Waals surface area contributed by atoms with Gasteiger partial charge in [-0.25, -0.2) is 14.6 Å². The summed E-state index contributed by atoms with van der Waals surface area (Å²) < 4.78 is 4.26. The lowest BCUT2D eigenvalue weighted by Gasteiger charge is -2.30. The van der Waals surface area contributed by atoms with Crippen LogP contribution in [0.4, 0.5) is 5.95 Å². The highest BCUT2D eigenvalue weighted by molar-refractivity contribution is 6.13. The summed E-state index contributed by atoms with van der Waals surface area (Å²) in [4.78, 5) is 9.00. The molecule has 0 amide bonds. The van der Waals surface area contributed by atoms with Gasteiger partial charge >= 0.3 is 0 Å². The van der Waals surface area contributed by atoms with Crippen molar-refractivity contribution in [3.63, 3.8) is 0 Å². The summed E-state index contributed by atoms with van der Waals surface area (Å²) >= 11 is 0. The molecule has 1 aliphatic rings. The molecule has 6 nitrogen and oxygen atoms in total. The quantitative estimate of drug-likeness (QED) is 0.650. The van der Waals surface area contributed by atoms with Crippen molar-refractivity contribution in [1.82, 2.24) is 18.9 Å². The van der Waals surface area contributed by atoms with Crippen LogP contribution in [0.2, 0.25) is 0 Å². The number of piperidine rings is 1. The van der Waals surface area contributed by atoms with E-state index in [2.05, 4.69) is 36.1 Å². The minimum Gasteiger partial charge on any atom is -0.369 e. The Balaban J connectivity index is 2.02. The number of nitrogens with zero attached hydrogens (tertiary/aromatic N) is 5. The van der Waals surface area contributed by atoms with Crippen LogP contribution in [0.15, 0.2) is 18.5 Å². The highest BCUT2D eigenvalue weighted by Crippen LogP contribution is 2.27. The van der Waals surface area contributed by atoms with Gasteiger partial charge in [0.15, 0.2) is 0 Å². The van der Waals surface area contributed by atoms with Gasteiger partial charge in [0, 0.05) is 18.5 Å². The number of hydrogen-bond acceptors (Lipinski definition) is 4. The number of nitrogen functional groups attached to an aromatic ring is 1. The lowest BCUT2D eigenvalue weighted by molar-refractivity contribution is 0.489. The molecule has 4 rings (SSSR count). The predicted molar refractivity (Wildman–Crippen MR) is 84.6 cm³/mol. The average Bonchev–Trinajstić information content (AvgIpc) is 2.99. The van der Waals surface area contributed by atoms with Gasteiger partial charge in [0.25, 0.3) is 0 Å². The fourth-order valence-electron chi connectivity index (χ4n) is 3.14. The van der Waals surface area contributed by atoms with Crippen LogP contribution in [0.25, 0.3) is 22.1 Å². The van der Waals surface area contributed by atoms with Gasteiger partial charge in [-0.15, -0.1) is 0 Å². The zero-order valence-corrected chi connectivity index (χ0v) is 13.6. The van der Waals surface area contributed by atoms with E-state index in [1.807, 2.05) is 6.20 Å². The van der Waals surface area contributed by atoms with Gasteiger partial charge in [0.2, 0.25) is 5.95 Å². The average molecular weight is 286 g/mol. The number of anilines is 1. The monoisotopic (exact) mass is 286 g/mol. The summed E-state index contributed by atoms with van der Waals surface area (Å²) in [7, 11) is 0.929. The number of fused-ring (bicyclic) bond motifs is 3. The maximum Gasteiger partial charge on any atom is 0.220 e. The normalized spacial score (nSPS) is 16.5. The first-order chi connectivity index (χ1) is 9.75. The molecule has 104 valence electrons. The topological polar surface area (TPSA) is 64.9 Å². The summed E-state index contributed by atoms with van der Waals surface area (Å²) in [6, 6.07) is 2.12. The zero-order valence-electron chi connectivity index (χ0n) is 11.6. The summed E-state index contributed by atoms with van der Waals surface area (Å²) in [5.41, 5.74) is 9.18. The highest BCUT2D eigenvalue weighted by atomic mass is 28.2. The fourth-order valence-corrected chi connectivity index (χ4v) is 3.65. The Hall–Kier alpha value is -2.02. The standard InChI is InChI=1S/C13H18N6Si/c14-13-16-10-8-15-12-9(4-7-18(12)20)11(10)19(13)17-5-2-1-3-6-17/h4,7-8H,1-3,5-6H2,20H3,(H2,14,16). The van der Waals surface area contributed by atoms with Crippen molar-refractivity contribution < 1.29 is 0 Å². The molecule has 4 heterocycles. The Morgan fingerprint density at radius 3 is 2.80 bits per heavy atom. The molecule has 7 heteroatoms. The van der Waals surface area contributed by atoms with E-state index in [0.717, 1.165) is 45.6 Å². The van der Waals surface area contributed by atoms with Gasteiger partial charge < -0.3 is 15.0 Å². The van der Waals surface area contributed by atoms with E-state index in [1.54, 1.807) is 0 Å². The van der Waals surface area contributed by atoms with E-state index in [4.69, 9.17) is 5.73 Å². The van der Waals surface area contributed by atoms with Crippen LogP contribution >= 0.6 is 0 Å². The predicted octanol–water partition coefficient (Wildman–Crippen LogP) is 0.219. The maximum atomic E-state index is 6.17. The van der Waals surface area contributed by atoms with Crippen LogP contribution in [0, 0.1) is 0 Å². The first-order valence-electron chi connectivity index (χ1n) is 7.09. The summed E-state index contributed by atoms with van der Waals surface area (Å²) in [5, 5.41) is 3.46. The Labute approximate surface area is 119 Å². The maximum absolute atomic E-state index is 6.17. The second-order valence-electron chi connectivity index (χ2n) is 5.45. The van der Waals surface area contributed by atoms with Crippen molar-refractivity contribution in [3.8, 4) is 0 Å². The number of rotatable bonds is 1. The highest BCUT2D eigenvalue weighted by Gasteiger charge is 2.19. The molecule has 1 saturated heterocycles. The van der Waals surface area contributed by atoms with E-state index < -0.39 is 0 Å². The van der Waals surface area contributed by atoms with E-state index in [0.29, 0.717) is 5.95 Å². The summed E-state index contributed by atoms with van der Waals surface area (Å²) in [6.07, 6.45) is 7.66. The van der Waals surface area contributed by atoms with E-state index in [-0.39, 0.29) is 0 Å². The van der Waals surface area contributed by atoms with Crippen molar-refractivity contribution in [2.75, 3.05) is 23.8 Å². The van der Waals surface area contributed by atoms with Gasteiger partial charge in [0.05, 0.1) is 6.20 Å². The third-order valence-electron chi connectivity index (χ3n) is 4.13. The first kappa shape index (κ1) is 11.8. The second kappa shape index (κ2) is 4.24. The Bertz CT molecular complexity index is 783. The molecular weight excluding hydrogens is 268 g/mol. The molecule has 0 spiro atoms. The van der Waals surface area contributed by atoms with Gasteiger partial charge in [-0.2, -0.15) is 0 Å². The molecule has 20 heavy (non-hydrogen) atoms. The van der Waals surface area contributed by atoms with Crippen molar-refractivity contribution in [2.24, 2.45) is 0 Å². The third-order valence-corrected chi connectivity index (χ3v) is 4.85. The third kappa shape index (κ3) is 1.56. The Kier molecular flexibility index (Phi) is 2.50. The summed E-state index contributed by atoms with van der Waals surface area (Å²) in [6.45, 7) is 2.09. The fraction of sp³-hybridized carbons (Fsp3) is 0.385. The van der Waals surface area contributed by atoms with Crippen LogP contribution in [-0.4, -0.2) is 42.4 Å². The summed E-state index contributed by atoms with van der Waals surface area (Å²) in [5.74, 6) is 0.567. The van der Waals surface area contributed by atoms with E-state index in [1.165, 1.54) is 19.3 Å². The molecule has 0 aromatic carbocycles. The van der Waals surface area contributed by atoms with Crippen LogP contribution in [-0.2, 0) is 0 Å². The SMILES string of the molecule is Nc1nc2cnc3c(ccn3[SiH3])c2n1N1CCCCC1. The molecule has 0 aliphatic carbocycles. The van der Waals surface area contributed by atoms with E-state index in [9.17, 15) is 0 Å². The number of hydrogen-bond donors (Lipinski definition) is 1. The molecule has 0 atom stereocenters. The molecule has 0 saturated carbocycles. The molecule has 0 bridgehead atoms. The van der Waals surface area contributed by atoms with Crippen LogP contribution in [0.3, 0.4) is 0 Å². The molecule has 0 radical (unpaired) electrons. The largest absolute Gasteiger partial charge is 0.369 e. The minimum atomic E-state index is 0.567. The molecular formula is C13H18N6Si. The Morgan fingerprint density at radius 2 is 2.00 bits per heavy atom. The smallest absolute Gasteiger partial charge is 0.220 e. The van der Waals surface area contributed by atoms with Gasteiger partial charge in [-0.1, -0.05) is 0 Å². The molecule has 2 N–H and O–H groups in total. The van der Waals surface area contributed by atoms with Crippen LogP contribution < -0.4 is 10.7 Å². The van der Waals surface area contributed by atoms with Crippen molar-refractivity contribution >= 4 is 38.4 Å². The van der Waals surface area contributed by atoms with Gasteiger partial charge in [-0.05, 0) is 31.5 Å². The van der Waals surface area contributed by atoms with Crippen molar-refractivity contribution in [1.29, 1.82) is 0 Å². The number of nitrogens with two attached hydrogens (primary N) is 1. The van der Waals surface area contributed by atoms with Crippen molar-refractivity contribution in [3.05, 3.63) is 18.5 Å². The molecule has 3 aromatic heterocycles. The zero-order chi connectivity index (χ0) is 13.7. The van der Waals surface area contributed by atoms with Crippen molar-refractivity contribution in [2.45, 2.75) is 19.3 Å². The van der Waals surface area contributed by atoms with Crippen LogP contribution in [0.5, 0.6) is 0 Å². The van der Waals surface area contributed by atoms with Gasteiger partial charge in [-0.3, -0.25) is 0 Å².